The molecule has 7 nitrogen and oxygen atoms in total. The number of hydrogen-bond donors (Lipinski definition) is 4. The van der Waals surface area contributed by atoms with Crippen LogP contribution in [0.5, 0.6) is 5.88 Å². The molecule has 0 saturated carbocycles. The molecule has 3 rings (SSSR count). The molecular formula is C17H16N4O3. The molecule has 0 aliphatic heterocycles. The molecule has 0 radical (unpaired) electrons. The Balaban J connectivity index is 2.03. The standard InChI is InChI=1S/C17H16N4O3/c1-2-12(14-15(22)18-17(24)19-16(14)23)20-21-13-9-5-7-10-6-3-4-8-11(10)13/h3-9,21H,2H2,1H3,(H3,18,19,22,23,24)/b20-12-. The third kappa shape index (κ3) is 2.91. The number of aromatic nitrogens is 2. The van der Waals surface area contributed by atoms with E-state index in [1.807, 2.05) is 42.5 Å². The zero-order chi connectivity index (χ0) is 17.1. The summed E-state index contributed by atoms with van der Waals surface area (Å²) in [6.07, 6.45) is 0.389. The van der Waals surface area contributed by atoms with Crippen molar-refractivity contribution in [1.82, 2.24) is 9.97 Å². The Labute approximate surface area is 136 Å². The number of H-pyrrole nitrogens is 2. The van der Waals surface area contributed by atoms with Gasteiger partial charge in [0.25, 0.3) is 5.56 Å². The Hall–Kier alpha value is -3.35. The molecule has 0 atom stereocenters. The first-order valence-electron chi connectivity index (χ1n) is 7.46. The Bertz CT molecular complexity index is 1030. The average molecular weight is 324 g/mol. The van der Waals surface area contributed by atoms with E-state index in [-0.39, 0.29) is 5.56 Å². The lowest BCUT2D eigenvalue weighted by molar-refractivity contribution is 0.447. The molecule has 0 bridgehead atoms. The van der Waals surface area contributed by atoms with Gasteiger partial charge in [-0.1, -0.05) is 43.3 Å². The van der Waals surface area contributed by atoms with Gasteiger partial charge in [0.15, 0.2) is 0 Å². The fourth-order valence-corrected chi connectivity index (χ4v) is 2.50. The number of fused-ring (bicyclic) bond motifs is 1. The molecule has 4 N–H and O–H groups in total. The Kier molecular flexibility index (Phi) is 4.15. The molecule has 0 amide bonds. The second-order valence-corrected chi connectivity index (χ2v) is 5.18. The van der Waals surface area contributed by atoms with Gasteiger partial charge in [-0.05, 0) is 17.9 Å². The van der Waals surface area contributed by atoms with Crippen LogP contribution in [0.1, 0.15) is 18.9 Å². The smallest absolute Gasteiger partial charge is 0.328 e. The van der Waals surface area contributed by atoms with Gasteiger partial charge in [0, 0.05) is 5.39 Å². The summed E-state index contributed by atoms with van der Waals surface area (Å²) in [6.45, 7) is 1.80. The molecular weight excluding hydrogens is 308 g/mol. The summed E-state index contributed by atoms with van der Waals surface area (Å²) < 4.78 is 0. The van der Waals surface area contributed by atoms with Crippen LogP contribution in [0.4, 0.5) is 5.69 Å². The quantitative estimate of drug-likeness (QED) is 0.435. The maximum atomic E-state index is 11.9. The monoisotopic (exact) mass is 324 g/mol. The van der Waals surface area contributed by atoms with Gasteiger partial charge >= 0.3 is 5.69 Å². The fraction of sp³-hybridized carbons (Fsp3) is 0.118. The van der Waals surface area contributed by atoms with E-state index in [1.54, 1.807) is 6.92 Å². The van der Waals surface area contributed by atoms with Crippen molar-refractivity contribution in [3.63, 3.8) is 0 Å². The minimum Gasteiger partial charge on any atom is -0.494 e. The van der Waals surface area contributed by atoms with Gasteiger partial charge in [-0.25, -0.2) is 4.79 Å². The van der Waals surface area contributed by atoms with Crippen molar-refractivity contribution < 1.29 is 5.11 Å². The third-order valence-electron chi connectivity index (χ3n) is 3.65. The van der Waals surface area contributed by atoms with E-state index in [1.165, 1.54) is 0 Å². The molecule has 7 heteroatoms. The van der Waals surface area contributed by atoms with Crippen LogP contribution >= 0.6 is 0 Å². The number of nitrogens with one attached hydrogen (secondary N) is 3. The van der Waals surface area contributed by atoms with Crippen LogP contribution < -0.4 is 16.7 Å². The van der Waals surface area contributed by atoms with Gasteiger partial charge in [-0.3, -0.25) is 20.2 Å². The van der Waals surface area contributed by atoms with Crippen molar-refractivity contribution in [2.45, 2.75) is 13.3 Å². The van der Waals surface area contributed by atoms with E-state index in [2.05, 4.69) is 20.5 Å². The van der Waals surface area contributed by atoms with Gasteiger partial charge in [-0.2, -0.15) is 5.10 Å². The fourth-order valence-electron chi connectivity index (χ4n) is 2.50. The van der Waals surface area contributed by atoms with Crippen LogP contribution in [0.25, 0.3) is 10.8 Å². The topological polar surface area (TPSA) is 110 Å². The van der Waals surface area contributed by atoms with Crippen LogP contribution in [0.15, 0.2) is 57.2 Å². The molecule has 0 fully saturated rings. The second-order valence-electron chi connectivity index (χ2n) is 5.18. The van der Waals surface area contributed by atoms with Crippen molar-refractivity contribution in [2.24, 2.45) is 5.10 Å². The van der Waals surface area contributed by atoms with Crippen LogP contribution in [0.3, 0.4) is 0 Å². The summed E-state index contributed by atoms with van der Waals surface area (Å²) in [5.41, 5.74) is 2.55. The summed E-state index contributed by atoms with van der Waals surface area (Å²) >= 11 is 0. The van der Waals surface area contributed by atoms with E-state index >= 15 is 0 Å². The van der Waals surface area contributed by atoms with Crippen molar-refractivity contribution in [1.29, 1.82) is 0 Å². The lowest BCUT2D eigenvalue weighted by atomic mass is 10.1. The minimum atomic E-state index is -0.765. The molecule has 24 heavy (non-hydrogen) atoms. The molecule has 1 aromatic heterocycles. The van der Waals surface area contributed by atoms with Gasteiger partial charge in [0.1, 0.15) is 5.56 Å². The Morgan fingerprint density at radius 1 is 1.12 bits per heavy atom. The lowest BCUT2D eigenvalue weighted by Gasteiger charge is -2.08. The number of benzene rings is 2. The first kappa shape index (κ1) is 15.5. The minimum absolute atomic E-state index is 0.0511. The van der Waals surface area contributed by atoms with E-state index in [4.69, 9.17) is 0 Å². The summed E-state index contributed by atoms with van der Waals surface area (Å²) in [6, 6.07) is 13.6. The zero-order valence-electron chi connectivity index (χ0n) is 13.0. The number of nitrogens with zero attached hydrogens (tertiary/aromatic N) is 1. The van der Waals surface area contributed by atoms with Crippen LogP contribution in [-0.4, -0.2) is 20.8 Å². The van der Waals surface area contributed by atoms with E-state index in [0.717, 1.165) is 16.5 Å². The second kappa shape index (κ2) is 6.41. The molecule has 3 aromatic rings. The maximum absolute atomic E-state index is 11.9. The van der Waals surface area contributed by atoms with Crippen LogP contribution in [-0.2, 0) is 0 Å². The van der Waals surface area contributed by atoms with E-state index in [0.29, 0.717) is 12.1 Å². The predicted octanol–water partition coefficient (Wildman–Crippen LogP) is 2.15. The molecule has 2 aromatic carbocycles. The summed E-state index contributed by atoms with van der Waals surface area (Å²) in [5.74, 6) is -0.496. The number of aromatic hydroxyl groups is 1. The summed E-state index contributed by atoms with van der Waals surface area (Å²) in [4.78, 5) is 27.4. The van der Waals surface area contributed by atoms with Gasteiger partial charge < -0.3 is 5.11 Å². The first-order chi connectivity index (χ1) is 11.6. The van der Waals surface area contributed by atoms with Crippen LogP contribution in [0, 0.1) is 0 Å². The zero-order valence-corrected chi connectivity index (χ0v) is 13.0. The summed E-state index contributed by atoms with van der Waals surface area (Å²) in [5, 5.41) is 16.1. The third-order valence-corrected chi connectivity index (χ3v) is 3.65. The van der Waals surface area contributed by atoms with E-state index < -0.39 is 17.1 Å². The largest absolute Gasteiger partial charge is 0.494 e. The van der Waals surface area contributed by atoms with Gasteiger partial charge in [0.2, 0.25) is 5.88 Å². The van der Waals surface area contributed by atoms with Crippen LogP contribution in [0.2, 0.25) is 0 Å². The Morgan fingerprint density at radius 3 is 2.62 bits per heavy atom. The highest BCUT2D eigenvalue weighted by molar-refractivity contribution is 6.02. The molecule has 0 unspecified atom stereocenters. The first-order valence-corrected chi connectivity index (χ1v) is 7.46. The predicted molar refractivity (Wildman–Crippen MR) is 93.7 cm³/mol. The average Bonchev–Trinajstić information content (AvgIpc) is 2.57. The highest BCUT2D eigenvalue weighted by Gasteiger charge is 2.14. The van der Waals surface area contributed by atoms with E-state index in [9.17, 15) is 14.7 Å². The molecule has 0 saturated heterocycles. The molecule has 0 aliphatic rings. The molecule has 122 valence electrons. The molecule has 0 spiro atoms. The normalized spacial score (nSPS) is 11.6. The number of anilines is 1. The SMILES string of the molecule is CC/C(=N/Nc1cccc2ccccc12)c1c(O)[nH]c(=O)[nH]c1=O. The van der Waals surface area contributed by atoms with Gasteiger partial charge in [-0.15, -0.1) is 0 Å². The highest BCUT2D eigenvalue weighted by Crippen LogP contribution is 2.23. The van der Waals surface area contributed by atoms with Crippen molar-refractivity contribution >= 4 is 22.2 Å². The number of rotatable bonds is 4. The summed E-state index contributed by atoms with van der Waals surface area (Å²) in [7, 11) is 0. The molecule has 1 heterocycles. The number of aromatic amines is 2. The maximum Gasteiger partial charge on any atom is 0.328 e. The number of hydrazone groups is 1. The van der Waals surface area contributed by atoms with Crippen molar-refractivity contribution in [3.05, 3.63) is 68.9 Å². The van der Waals surface area contributed by atoms with Crippen molar-refractivity contribution in [2.75, 3.05) is 5.43 Å². The Morgan fingerprint density at radius 2 is 1.88 bits per heavy atom. The van der Waals surface area contributed by atoms with Crippen molar-refractivity contribution in [3.8, 4) is 5.88 Å². The highest BCUT2D eigenvalue weighted by atomic mass is 16.3. The number of hydrogen-bond acceptors (Lipinski definition) is 5. The molecule has 0 aliphatic carbocycles. The lowest BCUT2D eigenvalue weighted by Crippen LogP contribution is -2.28. The van der Waals surface area contributed by atoms with Gasteiger partial charge in [0.05, 0.1) is 11.4 Å².